The maximum atomic E-state index is 2.64. The summed E-state index contributed by atoms with van der Waals surface area (Å²) in [6.45, 7) is 9.34. The van der Waals surface area contributed by atoms with Gasteiger partial charge in [-0.3, -0.25) is 0 Å². The van der Waals surface area contributed by atoms with Gasteiger partial charge in [-0.2, -0.15) is 0 Å². The first-order chi connectivity index (χ1) is 8.24. The third kappa shape index (κ3) is 10.9. The van der Waals surface area contributed by atoms with E-state index in [2.05, 4.69) is 34.1 Å². The van der Waals surface area contributed by atoms with E-state index in [1.54, 1.807) is 0 Å². The normalized spacial score (nSPS) is 14.8. The van der Waals surface area contributed by atoms with Gasteiger partial charge in [0.15, 0.2) is 0 Å². The third-order valence-electron chi connectivity index (χ3n) is 3.82. The second-order valence-corrected chi connectivity index (χ2v) is 5.68. The Morgan fingerprint density at radius 2 is 1.35 bits per heavy atom. The molecule has 0 nitrogen and oxygen atoms in total. The molecule has 0 aromatic heterocycles. The van der Waals surface area contributed by atoms with Gasteiger partial charge in [0.25, 0.3) is 0 Å². The van der Waals surface area contributed by atoms with Gasteiger partial charge in [0, 0.05) is 0 Å². The van der Waals surface area contributed by atoms with Crippen LogP contribution in [0.4, 0.5) is 0 Å². The Hall–Kier alpha value is 0. The summed E-state index contributed by atoms with van der Waals surface area (Å²) in [6, 6.07) is 0. The zero-order valence-electron chi connectivity index (χ0n) is 12.8. The van der Waals surface area contributed by atoms with Crippen molar-refractivity contribution in [2.75, 3.05) is 0 Å². The fraction of sp³-hybridized carbons (Fsp3) is 0.941. The average Bonchev–Trinajstić information content (AvgIpc) is 2.33. The van der Waals surface area contributed by atoms with Crippen LogP contribution in [0.3, 0.4) is 0 Å². The molecule has 0 fully saturated rings. The molecular weight excluding hydrogens is 204 g/mol. The summed E-state index contributed by atoms with van der Waals surface area (Å²) in [4.78, 5) is 0. The molecule has 0 aliphatic rings. The van der Waals surface area contributed by atoms with Gasteiger partial charge < -0.3 is 0 Å². The molecule has 0 N–H and O–H groups in total. The Morgan fingerprint density at radius 1 is 0.765 bits per heavy atom. The van der Waals surface area contributed by atoms with E-state index in [1.165, 1.54) is 64.2 Å². The van der Waals surface area contributed by atoms with E-state index in [0.29, 0.717) is 0 Å². The molecule has 0 aromatic rings. The SMILES string of the molecule is CCCCCCC(C)[CH]C(CC)CCCCC. The molecule has 0 heterocycles. The second kappa shape index (κ2) is 12.5. The van der Waals surface area contributed by atoms with Gasteiger partial charge in [0.1, 0.15) is 0 Å². The van der Waals surface area contributed by atoms with Gasteiger partial charge in [0.05, 0.1) is 0 Å². The molecule has 1 radical (unpaired) electrons. The molecule has 103 valence electrons. The maximum Gasteiger partial charge on any atom is -0.0327 e. The van der Waals surface area contributed by atoms with Crippen LogP contribution in [0.25, 0.3) is 0 Å². The second-order valence-electron chi connectivity index (χ2n) is 5.68. The van der Waals surface area contributed by atoms with Crippen LogP contribution in [0.1, 0.15) is 91.9 Å². The van der Waals surface area contributed by atoms with Crippen LogP contribution in [0.5, 0.6) is 0 Å². The molecule has 0 aromatic carbocycles. The third-order valence-corrected chi connectivity index (χ3v) is 3.82. The molecule has 0 spiro atoms. The van der Waals surface area contributed by atoms with Crippen LogP contribution in [0.15, 0.2) is 0 Å². The van der Waals surface area contributed by atoms with Gasteiger partial charge in [0.2, 0.25) is 0 Å². The van der Waals surface area contributed by atoms with Crippen LogP contribution < -0.4 is 0 Å². The number of unbranched alkanes of at least 4 members (excludes halogenated alkanes) is 5. The minimum absolute atomic E-state index is 0.832. The van der Waals surface area contributed by atoms with Crippen molar-refractivity contribution in [3.05, 3.63) is 6.42 Å². The van der Waals surface area contributed by atoms with Gasteiger partial charge in [-0.1, -0.05) is 91.9 Å². The van der Waals surface area contributed by atoms with Gasteiger partial charge in [-0.25, -0.2) is 0 Å². The summed E-state index contributed by atoms with van der Waals surface area (Å²) in [5.41, 5.74) is 0. The van der Waals surface area contributed by atoms with Crippen molar-refractivity contribution >= 4 is 0 Å². The number of hydrogen-bond donors (Lipinski definition) is 0. The molecule has 0 aliphatic carbocycles. The molecule has 17 heavy (non-hydrogen) atoms. The topological polar surface area (TPSA) is 0 Å². The lowest BCUT2D eigenvalue weighted by Crippen LogP contribution is -2.07. The highest BCUT2D eigenvalue weighted by Gasteiger charge is 2.11. The molecule has 0 aliphatic heterocycles. The summed E-state index contributed by atoms with van der Waals surface area (Å²) < 4.78 is 0. The Balaban J connectivity index is 3.55. The van der Waals surface area contributed by atoms with E-state index < -0.39 is 0 Å². The van der Waals surface area contributed by atoms with Crippen LogP contribution in [-0.4, -0.2) is 0 Å². The molecule has 0 amide bonds. The van der Waals surface area contributed by atoms with Crippen molar-refractivity contribution in [2.45, 2.75) is 91.9 Å². The fourth-order valence-electron chi connectivity index (χ4n) is 2.55. The van der Waals surface area contributed by atoms with Crippen molar-refractivity contribution < 1.29 is 0 Å². The van der Waals surface area contributed by atoms with E-state index >= 15 is 0 Å². The zero-order valence-corrected chi connectivity index (χ0v) is 12.8. The maximum absolute atomic E-state index is 2.64. The standard InChI is InChI=1S/C17H35/c1-5-8-10-12-13-16(4)15-17(7-3)14-11-9-6-2/h15-17H,5-14H2,1-4H3. The Labute approximate surface area is 111 Å². The van der Waals surface area contributed by atoms with Crippen molar-refractivity contribution in [1.82, 2.24) is 0 Å². The van der Waals surface area contributed by atoms with E-state index in [4.69, 9.17) is 0 Å². The lowest BCUT2D eigenvalue weighted by Gasteiger charge is -2.19. The van der Waals surface area contributed by atoms with Crippen molar-refractivity contribution in [3.63, 3.8) is 0 Å². The first kappa shape index (κ1) is 17.0. The minimum Gasteiger partial charge on any atom is -0.0654 e. The highest BCUT2D eigenvalue weighted by Crippen LogP contribution is 2.24. The molecule has 0 rings (SSSR count). The Morgan fingerprint density at radius 3 is 1.94 bits per heavy atom. The summed E-state index contributed by atoms with van der Waals surface area (Å²) >= 11 is 0. The summed E-state index contributed by atoms with van der Waals surface area (Å²) in [5.74, 6) is 1.71. The zero-order chi connectivity index (χ0) is 12.9. The van der Waals surface area contributed by atoms with Gasteiger partial charge in [-0.05, 0) is 18.3 Å². The van der Waals surface area contributed by atoms with Crippen LogP contribution in [0.2, 0.25) is 0 Å². The van der Waals surface area contributed by atoms with Crippen LogP contribution in [-0.2, 0) is 0 Å². The minimum atomic E-state index is 0.832. The van der Waals surface area contributed by atoms with Crippen LogP contribution >= 0.6 is 0 Å². The largest absolute Gasteiger partial charge is 0.0654 e. The van der Waals surface area contributed by atoms with Gasteiger partial charge in [-0.15, -0.1) is 0 Å². The highest BCUT2D eigenvalue weighted by atomic mass is 14.2. The van der Waals surface area contributed by atoms with E-state index in [0.717, 1.165) is 11.8 Å². The predicted molar refractivity (Wildman–Crippen MR) is 80.1 cm³/mol. The highest BCUT2D eigenvalue weighted by molar-refractivity contribution is 4.80. The van der Waals surface area contributed by atoms with Gasteiger partial charge >= 0.3 is 0 Å². The molecular formula is C17H35. The lowest BCUT2D eigenvalue weighted by atomic mass is 9.87. The smallest absolute Gasteiger partial charge is 0.0327 e. The monoisotopic (exact) mass is 239 g/mol. The first-order valence-corrected chi connectivity index (χ1v) is 8.09. The first-order valence-electron chi connectivity index (χ1n) is 8.09. The summed E-state index contributed by atoms with van der Waals surface area (Å²) in [6.07, 6.45) is 16.6. The van der Waals surface area contributed by atoms with E-state index in [-0.39, 0.29) is 0 Å². The molecule has 2 unspecified atom stereocenters. The molecule has 0 heteroatoms. The molecule has 0 saturated carbocycles. The molecule has 0 saturated heterocycles. The van der Waals surface area contributed by atoms with Crippen LogP contribution in [0, 0.1) is 18.3 Å². The fourth-order valence-corrected chi connectivity index (χ4v) is 2.55. The van der Waals surface area contributed by atoms with E-state index in [1.807, 2.05) is 0 Å². The Bertz CT molecular complexity index is 139. The summed E-state index contributed by atoms with van der Waals surface area (Å²) in [7, 11) is 0. The summed E-state index contributed by atoms with van der Waals surface area (Å²) in [5, 5.41) is 0. The van der Waals surface area contributed by atoms with E-state index in [9.17, 15) is 0 Å². The average molecular weight is 239 g/mol. The molecule has 0 bridgehead atoms. The number of hydrogen-bond acceptors (Lipinski definition) is 0. The predicted octanol–water partition coefficient (Wildman–Crippen LogP) is 6.40. The van der Waals surface area contributed by atoms with Crippen molar-refractivity contribution in [1.29, 1.82) is 0 Å². The number of rotatable bonds is 12. The quantitative estimate of drug-likeness (QED) is 0.345. The lowest BCUT2D eigenvalue weighted by molar-refractivity contribution is 0.425. The van der Waals surface area contributed by atoms with Crippen molar-refractivity contribution in [2.24, 2.45) is 11.8 Å². The molecule has 2 atom stereocenters. The Kier molecular flexibility index (Phi) is 12.5. The van der Waals surface area contributed by atoms with Crippen molar-refractivity contribution in [3.8, 4) is 0 Å².